The van der Waals surface area contributed by atoms with E-state index in [1.807, 2.05) is 56.3 Å². The number of amides is 2. The van der Waals surface area contributed by atoms with Crippen LogP contribution in [0.5, 0.6) is 11.5 Å². The average Bonchev–Trinajstić information content (AvgIpc) is 2.77. The molecule has 0 unspecified atom stereocenters. The third kappa shape index (κ3) is 6.82. The largest absolute Gasteiger partial charge is 0.497 e. The molecule has 156 valence electrons. The fourth-order valence-corrected chi connectivity index (χ4v) is 2.96. The van der Waals surface area contributed by atoms with E-state index in [-0.39, 0.29) is 18.4 Å². The van der Waals surface area contributed by atoms with Crippen molar-refractivity contribution in [2.75, 3.05) is 20.3 Å². The first-order valence-corrected chi connectivity index (χ1v) is 9.97. The van der Waals surface area contributed by atoms with Gasteiger partial charge in [-0.3, -0.25) is 9.59 Å². The number of benzene rings is 2. The maximum absolute atomic E-state index is 13.0. The molecule has 0 saturated heterocycles. The Balaban J connectivity index is 2.17. The molecule has 29 heavy (non-hydrogen) atoms. The predicted octanol–water partition coefficient (Wildman–Crippen LogP) is 3.41. The smallest absolute Gasteiger partial charge is 0.261 e. The minimum Gasteiger partial charge on any atom is -0.497 e. The molecule has 0 heterocycles. The number of methoxy groups -OCH3 is 1. The zero-order valence-corrected chi connectivity index (χ0v) is 17.4. The molecule has 1 N–H and O–H groups in total. The van der Waals surface area contributed by atoms with Gasteiger partial charge in [0, 0.05) is 13.1 Å². The number of nitrogens with zero attached hydrogens (tertiary/aromatic N) is 1. The van der Waals surface area contributed by atoms with Gasteiger partial charge in [0.25, 0.3) is 5.91 Å². The van der Waals surface area contributed by atoms with E-state index in [2.05, 4.69) is 5.32 Å². The van der Waals surface area contributed by atoms with Crippen LogP contribution in [-0.4, -0.2) is 43.0 Å². The summed E-state index contributed by atoms with van der Waals surface area (Å²) >= 11 is 0. The van der Waals surface area contributed by atoms with Gasteiger partial charge in [0.1, 0.15) is 17.5 Å². The zero-order valence-electron chi connectivity index (χ0n) is 17.4. The molecule has 1 atom stereocenters. The number of carbonyl (C=O) groups excluding carboxylic acids is 2. The Bertz CT molecular complexity index is 762. The van der Waals surface area contributed by atoms with Crippen LogP contribution in [0.4, 0.5) is 0 Å². The molecule has 0 aliphatic rings. The summed E-state index contributed by atoms with van der Waals surface area (Å²) in [6, 6.07) is 16.1. The molecule has 0 radical (unpaired) electrons. The van der Waals surface area contributed by atoms with Crippen LogP contribution >= 0.6 is 0 Å². The maximum Gasteiger partial charge on any atom is 0.261 e. The fraction of sp³-hybridized carbons (Fsp3) is 0.391. The van der Waals surface area contributed by atoms with Gasteiger partial charge in [-0.2, -0.15) is 0 Å². The Kier molecular flexibility index (Phi) is 9.02. The summed E-state index contributed by atoms with van der Waals surface area (Å²) in [5, 5.41) is 2.90. The Labute approximate surface area is 172 Å². The number of carbonyl (C=O) groups is 2. The highest BCUT2D eigenvalue weighted by atomic mass is 16.5. The van der Waals surface area contributed by atoms with Crippen LogP contribution in [0, 0.1) is 0 Å². The second-order valence-corrected chi connectivity index (χ2v) is 6.69. The van der Waals surface area contributed by atoms with Gasteiger partial charge < -0.3 is 19.7 Å². The van der Waals surface area contributed by atoms with Crippen LogP contribution in [0.25, 0.3) is 0 Å². The molecule has 0 aromatic heterocycles. The molecule has 0 bridgehead atoms. The van der Waals surface area contributed by atoms with Crippen LogP contribution < -0.4 is 14.8 Å². The number of rotatable bonds is 11. The van der Waals surface area contributed by atoms with E-state index in [0.717, 1.165) is 17.7 Å². The number of hydrogen-bond acceptors (Lipinski definition) is 4. The van der Waals surface area contributed by atoms with Crippen molar-refractivity contribution in [3.8, 4) is 11.5 Å². The van der Waals surface area contributed by atoms with E-state index in [4.69, 9.17) is 9.47 Å². The maximum atomic E-state index is 13.0. The van der Waals surface area contributed by atoms with Gasteiger partial charge in [-0.1, -0.05) is 44.2 Å². The number of hydrogen-bond donors (Lipinski definition) is 1. The monoisotopic (exact) mass is 398 g/mol. The van der Waals surface area contributed by atoms with Gasteiger partial charge in [-0.25, -0.2) is 0 Å². The number of para-hydroxylation sites is 1. The van der Waals surface area contributed by atoms with Gasteiger partial charge >= 0.3 is 0 Å². The molecular formula is C23H30N2O4. The molecule has 0 spiro atoms. The molecule has 2 amide bonds. The van der Waals surface area contributed by atoms with Gasteiger partial charge in [0.05, 0.1) is 7.11 Å². The van der Waals surface area contributed by atoms with Crippen LogP contribution in [-0.2, 0) is 16.1 Å². The average molecular weight is 399 g/mol. The molecule has 0 aliphatic carbocycles. The van der Waals surface area contributed by atoms with Crippen molar-refractivity contribution >= 4 is 11.8 Å². The fourth-order valence-electron chi connectivity index (χ4n) is 2.96. The number of nitrogens with one attached hydrogen (secondary N) is 1. The molecule has 0 saturated carbocycles. The highest BCUT2D eigenvalue weighted by Gasteiger charge is 2.28. The van der Waals surface area contributed by atoms with Crippen molar-refractivity contribution in [3.05, 3.63) is 60.2 Å². The Morgan fingerprint density at radius 3 is 2.28 bits per heavy atom. The highest BCUT2D eigenvalue weighted by Crippen LogP contribution is 2.17. The lowest BCUT2D eigenvalue weighted by Gasteiger charge is -2.30. The van der Waals surface area contributed by atoms with Crippen molar-refractivity contribution in [3.63, 3.8) is 0 Å². The topological polar surface area (TPSA) is 67.9 Å². The first-order valence-electron chi connectivity index (χ1n) is 9.97. The van der Waals surface area contributed by atoms with Crippen LogP contribution in [0.2, 0.25) is 0 Å². The van der Waals surface area contributed by atoms with Crippen LogP contribution in [0.3, 0.4) is 0 Å². The first-order chi connectivity index (χ1) is 14.1. The standard InChI is InChI=1S/C23H30N2O4/c1-4-15-24-23(27)21(5-2)25(16-18-11-13-19(28-3)14-12-18)22(26)17-29-20-9-7-6-8-10-20/h6-14,21H,4-5,15-17H2,1-3H3,(H,24,27)/t21-/m1/s1. The van der Waals surface area contributed by atoms with Crippen molar-refractivity contribution in [2.45, 2.75) is 39.3 Å². The summed E-state index contributed by atoms with van der Waals surface area (Å²) in [6.45, 7) is 4.68. The molecule has 2 aromatic rings. The van der Waals surface area contributed by atoms with Crippen LogP contribution in [0.1, 0.15) is 32.3 Å². The molecule has 6 nitrogen and oxygen atoms in total. The Hall–Kier alpha value is -3.02. The zero-order chi connectivity index (χ0) is 21.1. The van der Waals surface area contributed by atoms with E-state index in [0.29, 0.717) is 25.3 Å². The van der Waals surface area contributed by atoms with Crippen molar-refractivity contribution in [1.82, 2.24) is 10.2 Å². The summed E-state index contributed by atoms with van der Waals surface area (Å²) in [7, 11) is 1.61. The SMILES string of the molecule is CCCNC(=O)[C@@H](CC)N(Cc1ccc(OC)cc1)C(=O)COc1ccccc1. The van der Waals surface area contributed by atoms with E-state index < -0.39 is 6.04 Å². The predicted molar refractivity (Wildman–Crippen MR) is 113 cm³/mol. The summed E-state index contributed by atoms with van der Waals surface area (Å²) in [5.41, 5.74) is 0.917. The second-order valence-electron chi connectivity index (χ2n) is 6.69. The minimum atomic E-state index is -0.560. The Morgan fingerprint density at radius 1 is 1.00 bits per heavy atom. The lowest BCUT2D eigenvalue weighted by Crippen LogP contribution is -2.50. The molecule has 0 fully saturated rings. The molecule has 0 aliphatic heterocycles. The van der Waals surface area contributed by atoms with Crippen molar-refractivity contribution in [1.29, 1.82) is 0 Å². The van der Waals surface area contributed by atoms with E-state index in [9.17, 15) is 9.59 Å². The van der Waals surface area contributed by atoms with Crippen molar-refractivity contribution < 1.29 is 19.1 Å². The quantitative estimate of drug-likeness (QED) is 0.630. The highest BCUT2D eigenvalue weighted by molar-refractivity contribution is 5.88. The van der Waals surface area contributed by atoms with Gasteiger partial charge in [0.15, 0.2) is 6.61 Å². The summed E-state index contributed by atoms with van der Waals surface area (Å²) < 4.78 is 10.8. The molecular weight excluding hydrogens is 368 g/mol. The minimum absolute atomic E-state index is 0.127. The third-order valence-corrected chi connectivity index (χ3v) is 4.55. The Morgan fingerprint density at radius 2 is 1.69 bits per heavy atom. The summed E-state index contributed by atoms with van der Waals surface area (Å²) in [4.78, 5) is 27.3. The van der Waals surface area contributed by atoms with E-state index in [1.54, 1.807) is 24.1 Å². The molecule has 6 heteroatoms. The van der Waals surface area contributed by atoms with Crippen LogP contribution in [0.15, 0.2) is 54.6 Å². The van der Waals surface area contributed by atoms with Crippen molar-refractivity contribution in [2.24, 2.45) is 0 Å². The van der Waals surface area contributed by atoms with E-state index >= 15 is 0 Å². The second kappa shape index (κ2) is 11.7. The lowest BCUT2D eigenvalue weighted by molar-refractivity contribution is -0.143. The third-order valence-electron chi connectivity index (χ3n) is 4.55. The summed E-state index contributed by atoms with van der Waals surface area (Å²) in [6.07, 6.45) is 1.36. The van der Waals surface area contributed by atoms with Gasteiger partial charge in [0.2, 0.25) is 5.91 Å². The summed E-state index contributed by atoms with van der Waals surface area (Å²) in [5.74, 6) is 0.986. The number of ether oxygens (including phenoxy) is 2. The first kappa shape index (κ1) is 22.3. The molecule has 2 rings (SSSR count). The van der Waals surface area contributed by atoms with Gasteiger partial charge in [-0.05, 0) is 42.7 Å². The normalized spacial score (nSPS) is 11.4. The van der Waals surface area contributed by atoms with E-state index in [1.165, 1.54) is 0 Å². The lowest BCUT2D eigenvalue weighted by atomic mass is 10.1. The van der Waals surface area contributed by atoms with Gasteiger partial charge in [-0.15, -0.1) is 0 Å². The molecule has 2 aromatic carbocycles.